The standard InChI is InChI=1S/C17H22N4O3.ClH/c1-12-19-15(24-21-12)11-23-14-7-5-13(6-8-14)20-16(22)17(18)9-3-2-4-10-17;/h5-8H,2-4,9-11,18H2,1H3,(H,20,22);1H. The molecule has 0 bridgehead atoms. The van der Waals surface area contributed by atoms with E-state index in [0.717, 1.165) is 32.1 Å². The summed E-state index contributed by atoms with van der Waals surface area (Å²) in [6, 6.07) is 7.14. The number of nitrogens with two attached hydrogens (primary N) is 1. The molecule has 1 aromatic carbocycles. The zero-order valence-corrected chi connectivity index (χ0v) is 15.0. The molecule has 1 aliphatic carbocycles. The van der Waals surface area contributed by atoms with Gasteiger partial charge >= 0.3 is 0 Å². The first-order valence-electron chi connectivity index (χ1n) is 8.18. The van der Waals surface area contributed by atoms with Crippen molar-refractivity contribution in [3.05, 3.63) is 36.0 Å². The second kappa shape index (κ2) is 8.31. The Bertz CT molecular complexity index is 696. The summed E-state index contributed by atoms with van der Waals surface area (Å²) in [5.41, 5.74) is 6.19. The van der Waals surface area contributed by atoms with Gasteiger partial charge in [0, 0.05) is 5.69 Å². The van der Waals surface area contributed by atoms with Gasteiger partial charge in [-0.2, -0.15) is 4.98 Å². The van der Waals surface area contributed by atoms with Crippen molar-refractivity contribution in [2.75, 3.05) is 5.32 Å². The Kier molecular flexibility index (Phi) is 6.39. The number of benzene rings is 1. The monoisotopic (exact) mass is 366 g/mol. The van der Waals surface area contributed by atoms with Gasteiger partial charge in [0.1, 0.15) is 5.75 Å². The third-order valence-electron chi connectivity index (χ3n) is 4.24. The summed E-state index contributed by atoms with van der Waals surface area (Å²) >= 11 is 0. The average molecular weight is 367 g/mol. The number of aryl methyl sites for hydroxylation is 1. The molecule has 1 aromatic heterocycles. The van der Waals surface area contributed by atoms with Crippen LogP contribution in [0.1, 0.15) is 43.8 Å². The van der Waals surface area contributed by atoms with Gasteiger partial charge in [-0.3, -0.25) is 4.79 Å². The van der Waals surface area contributed by atoms with Gasteiger partial charge < -0.3 is 20.3 Å². The van der Waals surface area contributed by atoms with E-state index in [-0.39, 0.29) is 24.9 Å². The highest BCUT2D eigenvalue weighted by Gasteiger charge is 2.35. The van der Waals surface area contributed by atoms with E-state index >= 15 is 0 Å². The molecule has 0 spiro atoms. The van der Waals surface area contributed by atoms with Gasteiger partial charge in [0.2, 0.25) is 5.91 Å². The van der Waals surface area contributed by atoms with E-state index in [0.29, 0.717) is 23.2 Å². The zero-order valence-electron chi connectivity index (χ0n) is 14.2. The zero-order chi connectivity index (χ0) is 17.0. The molecule has 1 saturated carbocycles. The Morgan fingerprint density at radius 1 is 1.28 bits per heavy atom. The minimum Gasteiger partial charge on any atom is -0.484 e. The molecule has 1 fully saturated rings. The topological polar surface area (TPSA) is 103 Å². The lowest BCUT2D eigenvalue weighted by Gasteiger charge is -2.31. The van der Waals surface area contributed by atoms with E-state index in [1.165, 1.54) is 0 Å². The molecule has 1 aliphatic rings. The Hall–Kier alpha value is -2.12. The van der Waals surface area contributed by atoms with Crippen molar-refractivity contribution in [2.45, 2.75) is 51.2 Å². The summed E-state index contributed by atoms with van der Waals surface area (Å²) in [5.74, 6) is 1.54. The molecule has 0 unspecified atom stereocenters. The Morgan fingerprint density at radius 2 is 1.96 bits per heavy atom. The lowest BCUT2D eigenvalue weighted by Crippen LogP contribution is -2.52. The Labute approximate surface area is 152 Å². The number of hydrogen-bond donors (Lipinski definition) is 2. The molecule has 1 heterocycles. The third-order valence-corrected chi connectivity index (χ3v) is 4.24. The number of ether oxygens (including phenoxy) is 1. The van der Waals surface area contributed by atoms with E-state index in [9.17, 15) is 4.79 Å². The number of anilines is 1. The number of nitrogens with one attached hydrogen (secondary N) is 1. The van der Waals surface area contributed by atoms with Crippen LogP contribution in [0.25, 0.3) is 0 Å². The van der Waals surface area contributed by atoms with Gasteiger partial charge in [0.15, 0.2) is 12.4 Å². The van der Waals surface area contributed by atoms with Crippen LogP contribution in [0.3, 0.4) is 0 Å². The van der Waals surface area contributed by atoms with Crippen LogP contribution in [0.15, 0.2) is 28.8 Å². The number of halogens is 1. The van der Waals surface area contributed by atoms with Crippen molar-refractivity contribution >= 4 is 24.0 Å². The molecule has 8 heteroatoms. The SMILES string of the molecule is Cc1noc(COc2ccc(NC(=O)C3(N)CCCCC3)cc2)n1.Cl. The predicted molar refractivity (Wildman–Crippen MR) is 95.7 cm³/mol. The number of rotatable bonds is 5. The minimum atomic E-state index is -0.747. The molecule has 25 heavy (non-hydrogen) atoms. The van der Waals surface area contributed by atoms with Crippen molar-refractivity contribution in [1.29, 1.82) is 0 Å². The van der Waals surface area contributed by atoms with Crippen LogP contribution in [0.2, 0.25) is 0 Å². The summed E-state index contributed by atoms with van der Waals surface area (Å²) in [4.78, 5) is 16.5. The highest BCUT2D eigenvalue weighted by atomic mass is 35.5. The molecule has 2 aromatic rings. The van der Waals surface area contributed by atoms with Crippen LogP contribution >= 0.6 is 12.4 Å². The normalized spacial score (nSPS) is 15.9. The fraction of sp³-hybridized carbons (Fsp3) is 0.471. The number of carbonyl (C=O) groups excluding carboxylic acids is 1. The van der Waals surface area contributed by atoms with Gasteiger partial charge in [-0.15, -0.1) is 12.4 Å². The number of hydrogen-bond acceptors (Lipinski definition) is 6. The van der Waals surface area contributed by atoms with Crippen molar-refractivity contribution in [2.24, 2.45) is 5.73 Å². The minimum absolute atomic E-state index is 0. The maximum atomic E-state index is 12.4. The second-order valence-corrected chi connectivity index (χ2v) is 6.22. The first-order chi connectivity index (χ1) is 11.5. The van der Waals surface area contributed by atoms with E-state index in [1.54, 1.807) is 31.2 Å². The number of carbonyl (C=O) groups is 1. The maximum absolute atomic E-state index is 12.4. The van der Waals surface area contributed by atoms with E-state index < -0.39 is 5.54 Å². The fourth-order valence-corrected chi connectivity index (χ4v) is 2.84. The molecular weight excluding hydrogens is 344 g/mol. The van der Waals surface area contributed by atoms with E-state index in [4.69, 9.17) is 15.0 Å². The van der Waals surface area contributed by atoms with E-state index in [2.05, 4.69) is 15.5 Å². The summed E-state index contributed by atoms with van der Waals surface area (Å²) < 4.78 is 10.6. The summed E-state index contributed by atoms with van der Waals surface area (Å²) in [5, 5.41) is 6.60. The van der Waals surface area contributed by atoms with Gasteiger partial charge in [0.25, 0.3) is 5.89 Å². The first-order valence-corrected chi connectivity index (χ1v) is 8.18. The second-order valence-electron chi connectivity index (χ2n) is 6.22. The Morgan fingerprint density at radius 3 is 2.56 bits per heavy atom. The fourth-order valence-electron chi connectivity index (χ4n) is 2.84. The van der Waals surface area contributed by atoms with Crippen LogP contribution in [0, 0.1) is 6.92 Å². The number of nitrogens with zero attached hydrogens (tertiary/aromatic N) is 2. The highest BCUT2D eigenvalue weighted by molar-refractivity contribution is 5.98. The van der Waals surface area contributed by atoms with Gasteiger partial charge in [0.05, 0.1) is 5.54 Å². The molecule has 0 aliphatic heterocycles. The molecule has 0 saturated heterocycles. The first kappa shape index (κ1) is 19.2. The summed E-state index contributed by atoms with van der Waals surface area (Å²) in [6.45, 7) is 1.96. The molecule has 3 rings (SSSR count). The molecular formula is C17H23ClN4O3. The molecule has 3 N–H and O–H groups in total. The van der Waals surface area contributed by atoms with E-state index in [1.807, 2.05) is 0 Å². The molecule has 0 atom stereocenters. The third kappa shape index (κ3) is 4.93. The van der Waals surface area contributed by atoms with Crippen LogP contribution in [-0.4, -0.2) is 21.6 Å². The average Bonchev–Trinajstić information content (AvgIpc) is 3.00. The van der Waals surface area contributed by atoms with Crippen molar-refractivity contribution in [3.8, 4) is 5.75 Å². The van der Waals surface area contributed by atoms with Crippen LogP contribution in [-0.2, 0) is 11.4 Å². The van der Waals surface area contributed by atoms with Crippen LogP contribution < -0.4 is 15.8 Å². The van der Waals surface area contributed by atoms with Crippen LogP contribution in [0.5, 0.6) is 5.75 Å². The Balaban J connectivity index is 0.00000225. The highest BCUT2D eigenvalue weighted by Crippen LogP contribution is 2.27. The van der Waals surface area contributed by atoms with Crippen molar-refractivity contribution in [3.63, 3.8) is 0 Å². The largest absolute Gasteiger partial charge is 0.484 e. The predicted octanol–water partition coefficient (Wildman–Crippen LogP) is 2.98. The summed E-state index contributed by atoms with van der Waals surface area (Å²) in [7, 11) is 0. The van der Waals surface area contributed by atoms with Crippen molar-refractivity contribution in [1.82, 2.24) is 10.1 Å². The van der Waals surface area contributed by atoms with Crippen molar-refractivity contribution < 1.29 is 14.1 Å². The smallest absolute Gasteiger partial charge is 0.264 e. The lowest BCUT2D eigenvalue weighted by atomic mass is 9.82. The number of amides is 1. The molecule has 136 valence electrons. The maximum Gasteiger partial charge on any atom is 0.264 e. The quantitative estimate of drug-likeness (QED) is 0.843. The van der Waals surface area contributed by atoms with Gasteiger partial charge in [-0.25, -0.2) is 0 Å². The molecule has 0 radical (unpaired) electrons. The summed E-state index contributed by atoms with van der Waals surface area (Å²) in [6.07, 6.45) is 4.64. The molecule has 1 amide bonds. The molecule has 7 nitrogen and oxygen atoms in total. The van der Waals surface area contributed by atoms with Gasteiger partial charge in [-0.05, 0) is 44.0 Å². The number of aromatic nitrogens is 2. The van der Waals surface area contributed by atoms with Crippen LogP contribution in [0.4, 0.5) is 5.69 Å². The lowest BCUT2D eigenvalue weighted by molar-refractivity contribution is -0.122. The van der Waals surface area contributed by atoms with Gasteiger partial charge in [-0.1, -0.05) is 24.4 Å².